The predicted octanol–water partition coefficient (Wildman–Crippen LogP) is 3.97. The first-order valence-corrected chi connectivity index (χ1v) is 9.61. The van der Waals surface area contributed by atoms with Gasteiger partial charge in [0.2, 0.25) is 17.7 Å². The number of carbonyl (C=O) groups is 1. The molecule has 0 saturated heterocycles. The van der Waals surface area contributed by atoms with Crippen molar-refractivity contribution in [2.45, 2.75) is 13.5 Å². The fourth-order valence-corrected chi connectivity index (χ4v) is 3.03. The van der Waals surface area contributed by atoms with Gasteiger partial charge < -0.3 is 14.5 Å². The third kappa shape index (κ3) is 5.40. The second kappa shape index (κ2) is 9.48. The van der Waals surface area contributed by atoms with Crippen LogP contribution >= 0.6 is 15.9 Å². The molecule has 0 aliphatic carbocycles. The third-order valence-corrected chi connectivity index (χ3v) is 4.56. The molecule has 0 saturated carbocycles. The van der Waals surface area contributed by atoms with E-state index in [2.05, 4.69) is 31.4 Å². The van der Waals surface area contributed by atoms with Gasteiger partial charge in [0.25, 0.3) is 0 Å². The highest BCUT2D eigenvalue weighted by atomic mass is 79.9. The number of benzene rings is 2. The van der Waals surface area contributed by atoms with Gasteiger partial charge in [-0.3, -0.25) is 9.69 Å². The van der Waals surface area contributed by atoms with Gasteiger partial charge in [-0.25, -0.2) is 0 Å². The molecule has 1 aromatic heterocycles. The summed E-state index contributed by atoms with van der Waals surface area (Å²) < 4.78 is 11.9. The maximum Gasteiger partial charge on any atom is 0.247 e. The van der Waals surface area contributed by atoms with E-state index in [0.717, 1.165) is 10.0 Å². The van der Waals surface area contributed by atoms with E-state index in [1.54, 1.807) is 13.2 Å². The van der Waals surface area contributed by atoms with Gasteiger partial charge in [-0.15, -0.1) is 10.2 Å². The van der Waals surface area contributed by atoms with Crippen LogP contribution in [0.25, 0.3) is 11.5 Å². The zero-order valence-electron chi connectivity index (χ0n) is 15.7. The number of rotatable bonds is 8. The van der Waals surface area contributed by atoms with Crippen molar-refractivity contribution in [1.29, 1.82) is 0 Å². The topological polar surface area (TPSA) is 80.5 Å². The summed E-state index contributed by atoms with van der Waals surface area (Å²) in [6.07, 6.45) is 0. The van der Waals surface area contributed by atoms with Crippen LogP contribution in [0.4, 0.5) is 5.69 Å². The fraction of sp³-hybridized carbons (Fsp3) is 0.250. The van der Waals surface area contributed by atoms with Crippen molar-refractivity contribution < 1.29 is 13.9 Å². The number of likely N-dealkylation sites (N-methyl/N-ethyl adjacent to an activating group) is 1. The molecule has 8 heteroatoms. The third-order valence-electron chi connectivity index (χ3n) is 4.07. The summed E-state index contributed by atoms with van der Waals surface area (Å²) in [5.74, 6) is 1.48. The van der Waals surface area contributed by atoms with Crippen LogP contribution in [0.2, 0.25) is 0 Å². The monoisotopic (exact) mass is 444 g/mol. The molecule has 1 amide bonds. The maximum atomic E-state index is 12.4. The molecular weight excluding hydrogens is 424 g/mol. The standard InChI is InChI=1S/C20H21BrN4O3/c1-3-25(12-18(26)22-16-8-5-9-17(11-16)27-2)13-19-23-24-20(28-19)14-6-4-7-15(21)10-14/h4-11H,3,12-13H2,1-2H3,(H,22,26). The summed E-state index contributed by atoms with van der Waals surface area (Å²) >= 11 is 3.43. The van der Waals surface area contributed by atoms with Crippen molar-refractivity contribution in [1.82, 2.24) is 15.1 Å². The Balaban J connectivity index is 1.60. The average molecular weight is 445 g/mol. The first-order valence-electron chi connectivity index (χ1n) is 8.82. The Kier molecular flexibility index (Phi) is 6.78. The Morgan fingerprint density at radius 3 is 2.79 bits per heavy atom. The Morgan fingerprint density at radius 2 is 2.04 bits per heavy atom. The lowest BCUT2D eigenvalue weighted by atomic mass is 10.2. The van der Waals surface area contributed by atoms with Crippen molar-refractivity contribution in [3.05, 3.63) is 58.9 Å². The van der Waals surface area contributed by atoms with E-state index in [1.165, 1.54) is 0 Å². The summed E-state index contributed by atoms with van der Waals surface area (Å²) in [5, 5.41) is 11.1. The van der Waals surface area contributed by atoms with Crippen molar-refractivity contribution in [3.8, 4) is 17.2 Å². The molecule has 7 nitrogen and oxygen atoms in total. The highest BCUT2D eigenvalue weighted by Crippen LogP contribution is 2.22. The van der Waals surface area contributed by atoms with Gasteiger partial charge in [0.1, 0.15) is 5.75 Å². The zero-order valence-corrected chi connectivity index (χ0v) is 17.3. The van der Waals surface area contributed by atoms with Gasteiger partial charge in [-0.2, -0.15) is 0 Å². The van der Waals surface area contributed by atoms with E-state index in [9.17, 15) is 4.79 Å². The largest absolute Gasteiger partial charge is 0.497 e. The Labute approximate surface area is 171 Å². The average Bonchev–Trinajstić information content (AvgIpc) is 3.16. The van der Waals surface area contributed by atoms with Crippen LogP contribution in [0.15, 0.2) is 57.4 Å². The van der Waals surface area contributed by atoms with Crippen molar-refractivity contribution in [2.75, 3.05) is 25.5 Å². The normalized spacial score (nSPS) is 10.9. The fourth-order valence-electron chi connectivity index (χ4n) is 2.63. The number of methoxy groups -OCH3 is 1. The zero-order chi connectivity index (χ0) is 19.9. The van der Waals surface area contributed by atoms with E-state index in [1.807, 2.05) is 54.3 Å². The van der Waals surface area contributed by atoms with Gasteiger partial charge >= 0.3 is 0 Å². The Morgan fingerprint density at radius 1 is 1.21 bits per heavy atom. The number of ether oxygens (including phenoxy) is 1. The Bertz CT molecular complexity index is 944. The lowest BCUT2D eigenvalue weighted by Gasteiger charge is -2.17. The molecule has 1 N–H and O–H groups in total. The predicted molar refractivity (Wildman–Crippen MR) is 110 cm³/mol. The minimum atomic E-state index is -0.123. The molecule has 3 aromatic rings. The molecule has 0 fully saturated rings. The number of amides is 1. The van der Waals surface area contributed by atoms with Gasteiger partial charge in [-0.05, 0) is 36.9 Å². The summed E-state index contributed by atoms with van der Waals surface area (Å²) in [7, 11) is 1.59. The van der Waals surface area contributed by atoms with Gasteiger partial charge in [0.15, 0.2) is 0 Å². The number of hydrogen-bond donors (Lipinski definition) is 1. The lowest BCUT2D eigenvalue weighted by Crippen LogP contribution is -2.32. The van der Waals surface area contributed by atoms with Gasteiger partial charge in [0, 0.05) is 21.8 Å². The summed E-state index contributed by atoms with van der Waals surface area (Å²) in [6, 6.07) is 14.9. The molecule has 146 valence electrons. The van der Waals surface area contributed by atoms with Crippen molar-refractivity contribution >= 4 is 27.5 Å². The molecule has 2 aromatic carbocycles. The lowest BCUT2D eigenvalue weighted by molar-refractivity contribution is -0.117. The molecule has 0 bridgehead atoms. The molecule has 0 atom stereocenters. The summed E-state index contributed by atoms with van der Waals surface area (Å²) in [4.78, 5) is 14.3. The van der Waals surface area contributed by atoms with Gasteiger partial charge in [-0.1, -0.05) is 35.0 Å². The number of hydrogen-bond acceptors (Lipinski definition) is 6. The van der Waals surface area contributed by atoms with Gasteiger partial charge in [0.05, 0.1) is 20.2 Å². The van der Waals surface area contributed by atoms with Crippen LogP contribution in [0.1, 0.15) is 12.8 Å². The van der Waals surface area contributed by atoms with Crippen molar-refractivity contribution in [2.24, 2.45) is 0 Å². The molecule has 0 aliphatic heterocycles. The second-order valence-electron chi connectivity index (χ2n) is 6.09. The summed E-state index contributed by atoms with van der Waals surface area (Å²) in [6.45, 7) is 3.25. The van der Waals surface area contributed by atoms with E-state index in [-0.39, 0.29) is 12.5 Å². The number of halogens is 1. The molecule has 28 heavy (non-hydrogen) atoms. The van der Waals surface area contributed by atoms with Crippen molar-refractivity contribution in [3.63, 3.8) is 0 Å². The molecule has 0 aliphatic rings. The number of anilines is 1. The van der Waals surface area contributed by atoms with Crippen LogP contribution in [-0.4, -0.2) is 41.2 Å². The first kappa shape index (κ1) is 20.0. The Hall–Kier alpha value is -2.71. The van der Waals surface area contributed by atoms with E-state index in [4.69, 9.17) is 9.15 Å². The number of nitrogens with one attached hydrogen (secondary N) is 1. The smallest absolute Gasteiger partial charge is 0.247 e. The SMILES string of the molecule is CCN(CC(=O)Nc1cccc(OC)c1)Cc1nnc(-c2cccc(Br)c2)o1. The van der Waals surface area contributed by atoms with Crippen LogP contribution in [-0.2, 0) is 11.3 Å². The highest BCUT2D eigenvalue weighted by Gasteiger charge is 2.15. The minimum absolute atomic E-state index is 0.123. The quantitative estimate of drug-likeness (QED) is 0.565. The minimum Gasteiger partial charge on any atom is -0.497 e. The van der Waals surface area contributed by atoms with E-state index in [0.29, 0.717) is 36.3 Å². The molecule has 0 unspecified atom stereocenters. The first-order chi connectivity index (χ1) is 13.6. The van der Waals surface area contributed by atoms with E-state index < -0.39 is 0 Å². The van der Waals surface area contributed by atoms with Crippen LogP contribution in [0.5, 0.6) is 5.75 Å². The highest BCUT2D eigenvalue weighted by molar-refractivity contribution is 9.10. The molecule has 3 rings (SSSR count). The number of nitrogens with zero attached hydrogens (tertiary/aromatic N) is 3. The molecule has 0 spiro atoms. The number of carbonyl (C=O) groups excluding carboxylic acids is 1. The summed E-state index contributed by atoms with van der Waals surface area (Å²) in [5.41, 5.74) is 1.53. The molecular formula is C20H21BrN4O3. The second-order valence-corrected chi connectivity index (χ2v) is 7.01. The van der Waals surface area contributed by atoms with E-state index >= 15 is 0 Å². The van der Waals surface area contributed by atoms with Crippen LogP contribution in [0.3, 0.4) is 0 Å². The maximum absolute atomic E-state index is 12.4. The molecule has 0 radical (unpaired) electrons. The van der Waals surface area contributed by atoms with Crippen LogP contribution < -0.4 is 10.1 Å². The molecule has 1 heterocycles. The number of aromatic nitrogens is 2. The van der Waals surface area contributed by atoms with Crippen LogP contribution in [0, 0.1) is 0 Å².